The summed E-state index contributed by atoms with van der Waals surface area (Å²) >= 11 is 0. The highest BCUT2D eigenvalue weighted by Crippen LogP contribution is 2.40. The number of nitrogens with zero attached hydrogens (tertiary/aromatic N) is 14. The van der Waals surface area contributed by atoms with E-state index in [1.54, 1.807) is 43.5 Å². The molecule has 0 spiro atoms. The van der Waals surface area contributed by atoms with Crippen LogP contribution in [0.2, 0.25) is 0 Å². The van der Waals surface area contributed by atoms with Crippen molar-refractivity contribution in [1.82, 2.24) is 79.9 Å². The number of hydrogen-bond acceptors (Lipinski definition) is 18. The first-order chi connectivity index (χ1) is 46.1. The van der Waals surface area contributed by atoms with E-state index >= 15 is 0 Å². The smallest absolute Gasteiger partial charge is 0.339 e. The van der Waals surface area contributed by atoms with E-state index in [2.05, 4.69) is 124 Å². The minimum absolute atomic E-state index is 0.253. The first-order valence-corrected chi connectivity index (χ1v) is 30.0. The second kappa shape index (κ2) is 22.6. The van der Waals surface area contributed by atoms with Crippen molar-refractivity contribution in [3.8, 4) is 44.5 Å². The lowest BCUT2D eigenvalue weighted by atomic mass is 9.98. The first-order valence-electron chi connectivity index (χ1n) is 30.0. The molecule has 24 heteroatoms. The Bertz CT molecular complexity index is 4780. The zero-order chi connectivity index (χ0) is 63.0. The Morgan fingerprint density at radius 1 is 0.319 bits per heavy atom. The van der Waals surface area contributed by atoms with Crippen molar-refractivity contribution in [2.45, 2.75) is 52.6 Å². The fourth-order valence-corrected chi connectivity index (χ4v) is 12.5. The number of fused-ring (bicyclic) bond motifs is 30. The molecule has 2 N–H and O–H groups in total. The molecule has 5 aromatic carbocycles. The zero-order valence-corrected chi connectivity index (χ0v) is 49.5. The van der Waals surface area contributed by atoms with Gasteiger partial charge in [0.25, 0.3) is 0 Å². The molecule has 0 atom stereocenters. The Morgan fingerprint density at radius 2 is 0.574 bits per heavy atom. The molecular formula is C70H48N16O8. The largest absolute Gasteiger partial charge is 0.455 e. The molecule has 11 heterocycles. The summed E-state index contributed by atoms with van der Waals surface area (Å²) in [5, 5.41) is 35.1. The average Bonchev–Trinajstić information content (AvgIpc) is 1.87. The topological polar surface area (TPSA) is 285 Å². The summed E-state index contributed by atoms with van der Waals surface area (Å²) in [6, 6.07) is 42.8. The zero-order valence-electron chi connectivity index (χ0n) is 49.5. The quantitative estimate of drug-likeness (QED) is 0.105. The van der Waals surface area contributed by atoms with E-state index in [1.165, 1.54) is 0 Å². The molecule has 12 aromatic rings. The fourth-order valence-electron chi connectivity index (χ4n) is 12.5. The summed E-state index contributed by atoms with van der Waals surface area (Å²) < 4.78 is 30.0. The van der Waals surface area contributed by atoms with Gasteiger partial charge >= 0.3 is 23.9 Å². The number of rotatable bonds is 0. The molecule has 4 aliphatic rings. The minimum Gasteiger partial charge on any atom is -0.455 e. The molecule has 456 valence electrons. The Labute approximate surface area is 531 Å². The van der Waals surface area contributed by atoms with Gasteiger partial charge in [-0.15, -0.1) is 20.4 Å². The normalized spacial score (nSPS) is 14.4. The third kappa shape index (κ3) is 10.4. The predicted molar refractivity (Wildman–Crippen MR) is 340 cm³/mol. The summed E-state index contributed by atoms with van der Waals surface area (Å²) in [4.78, 5) is 77.5. The molecule has 0 fully saturated rings. The van der Waals surface area contributed by atoms with Gasteiger partial charge in [-0.05, 0) is 129 Å². The summed E-state index contributed by atoms with van der Waals surface area (Å²) in [6.45, 7) is -0.674. The fraction of sp³-hybridized carbons (Fsp3) is 0.114. The van der Waals surface area contributed by atoms with Crippen LogP contribution in [0.25, 0.3) is 90.9 Å². The third-order valence-corrected chi connectivity index (χ3v) is 16.8. The van der Waals surface area contributed by atoms with Gasteiger partial charge in [-0.25, -0.2) is 47.9 Å². The third-order valence-electron chi connectivity index (χ3n) is 16.8. The molecule has 24 nitrogen and oxygen atoms in total. The summed E-state index contributed by atoms with van der Waals surface area (Å²) in [6.07, 6.45) is 14.7. The van der Waals surface area contributed by atoms with Crippen molar-refractivity contribution in [2.75, 3.05) is 0 Å². The highest BCUT2D eigenvalue weighted by molar-refractivity contribution is 6.10. The molecule has 4 aliphatic heterocycles. The number of aromatic amines is 2. The van der Waals surface area contributed by atoms with Gasteiger partial charge in [0, 0.05) is 44.3 Å². The van der Waals surface area contributed by atoms with E-state index in [1.807, 2.05) is 72.8 Å². The average molecular weight is 1240 g/mol. The van der Waals surface area contributed by atoms with Gasteiger partial charge in [0.05, 0.1) is 96.0 Å². The van der Waals surface area contributed by atoms with Crippen LogP contribution in [0.4, 0.5) is 0 Å². The summed E-state index contributed by atoms with van der Waals surface area (Å²) in [5.74, 6) is -4.30. The molecule has 94 heavy (non-hydrogen) atoms. The van der Waals surface area contributed by atoms with Crippen molar-refractivity contribution in [2.24, 2.45) is 0 Å². The number of hydrogen-bond donors (Lipinski definition) is 2. The van der Waals surface area contributed by atoms with Crippen molar-refractivity contribution < 1.29 is 38.1 Å². The molecule has 0 saturated heterocycles. The van der Waals surface area contributed by atoms with Crippen LogP contribution < -0.4 is 0 Å². The van der Waals surface area contributed by atoms with Gasteiger partial charge in [-0.1, -0.05) is 93.6 Å². The van der Waals surface area contributed by atoms with Crippen LogP contribution in [0.3, 0.4) is 0 Å². The second-order valence-electron chi connectivity index (χ2n) is 23.2. The number of nitrogens with one attached hydrogen (secondary N) is 2. The lowest BCUT2D eigenvalue weighted by molar-refractivity contribution is 0.0404. The maximum absolute atomic E-state index is 14.6. The summed E-state index contributed by atoms with van der Waals surface area (Å²) in [5.41, 5.74) is 15.3. The second-order valence-corrected chi connectivity index (χ2v) is 23.2. The van der Waals surface area contributed by atoms with E-state index in [4.69, 9.17) is 28.9 Å². The van der Waals surface area contributed by atoms with E-state index in [-0.39, 0.29) is 49.0 Å². The Balaban J connectivity index is 0.983. The number of ether oxygens (including phenoxy) is 4. The van der Waals surface area contributed by atoms with E-state index in [0.29, 0.717) is 22.8 Å². The minimum atomic E-state index is -1.07. The molecule has 0 radical (unpaired) electrons. The molecule has 16 rings (SSSR count). The van der Waals surface area contributed by atoms with Crippen LogP contribution in [0.15, 0.2) is 158 Å². The number of aromatic nitrogens is 16. The highest BCUT2D eigenvalue weighted by atomic mass is 16.5. The lowest BCUT2D eigenvalue weighted by Crippen LogP contribution is -2.21. The number of H-pyrrole nitrogens is 2. The number of benzene rings is 5. The van der Waals surface area contributed by atoms with Crippen LogP contribution in [0, 0.1) is 0 Å². The lowest BCUT2D eigenvalue weighted by Gasteiger charge is -2.14. The molecule has 28 bridgehead atoms. The van der Waals surface area contributed by atoms with Crippen LogP contribution in [-0.4, -0.2) is 104 Å². The first kappa shape index (κ1) is 55.2. The Hall–Kier alpha value is -12.9. The molecule has 0 saturated carbocycles. The monoisotopic (exact) mass is 1240 g/mol. The van der Waals surface area contributed by atoms with Crippen molar-refractivity contribution in [3.05, 3.63) is 248 Å². The van der Waals surface area contributed by atoms with E-state index < -0.39 is 72.6 Å². The highest BCUT2D eigenvalue weighted by Gasteiger charge is 2.31. The van der Waals surface area contributed by atoms with E-state index in [0.717, 1.165) is 101 Å². The molecule has 0 aliphatic carbocycles. The van der Waals surface area contributed by atoms with Crippen LogP contribution in [0.5, 0.6) is 0 Å². The maximum atomic E-state index is 14.6. The standard InChI is InChI=1S/C70H48N16O8/c87-67-51-25-53-54-26-52(51)68(88)92-36-48-32-84(80-76-48)28-40-6-2-10-44(22-40)64-56-14-13-55(71-56)63(43-9-1-5-39(21-43)27-83-31-47(35-91-67)75-79-83)59-17-18-60(73-59)65(45-11-3-7-41(23-45)29-85-33-49(77-81-85)37-93-69(53)89)57-15-16-58(72-57)66(62-20-19-61(64)74-62)46-12-4-8-42(24-46)30-86-34-50(78-82-86)38-94-70(54)90/h1-26,31-34,73-74H,27-30,35-38H2. The van der Waals surface area contributed by atoms with Gasteiger partial charge in [0.15, 0.2) is 0 Å². The maximum Gasteiger partial charge on any atom is 0.339 e. The molecule has 0 amide bonds. The van der Waals surface area contributed by atoms with Gasteiger partial charge in [-0.2, -0.15) is 0 Å². The van der Waals surface area contributed by atoms with Crippen molar-refractivity contribution in [3.63, 3.8) is 0 Å². The predicted octanol–water partition coefficient (Wildman–Crippen LogP) is 10.3. The van der Waals surface area contributed by atoms with Gasteiger partial charge in [-0.3, -0.25) is 0 Å². The van der Waals surface area contributed by atoms with Gasteiger partial charge in [0.2, 0.25) is 0 Å². The Morgan fingerprint density at radius 3 is 0.830 bits per heavy atom. The molecular weight excluding hydrogens is 1190 g/mol. The van der Waals surface area contributed by atoms with Crippen molar-refractivity contribution in [1.29, 1.82) is 0 Å². The van der Waals surface area contributed by atoms with Crippen LogP contribution in [-0.2, 0) is 71.6 Å². The van der Waals surface area contributed by atoms with E-state index in [9.17, 15) is 19.2 Å². The number of carbonyl (C=O) groups excluding carboxylic acids is 4. The molecule has 0 unspecified atom stereocenters. The van der Waals surface area contributed by atoms with Crippen molar-refractivity contribution >= 4 is 70.2 Å². The van der Waals surface area contributed by atoms with Crippen LogP contribution >= 0.6 is 0 Å². The van der Waals surface area contributed by atoms with Gasteiger partial charge in [0.1, 0.15) is 49.2 Å². The Kier molecular flexibility index (Phi) is 13.3. The summed E-state index contributed by atoms with van der Waals surface area (Å²) in [7, 11) is 0. The van der Waals surface area contributed by atoms with Gasteiger partial charge < -0.3 is 28.9 Å². The van der Waals surface area contributed by atoms with Crippen LogP contribution in [0.1, 0.15) is 109 Å². The number of esters is 4. The SMILES string of the molecule is O=C1OCc2cn(nn2)Cc2cccc(c2)-c2c3nc(c4c5ccc([nH]5)c5c6nc(c(c7ccc2[nH]7)-c2cccc(c2)Cn2cc(nn2)COC(=O)c2cc1c(cc2C(=O)OCc1cn(nn1)Cc1cccc-5c1)C(=O)OCc1cn(nn1)Cc1cccc-4c1)C=C6)C=C3. The number of cyclic esters (lactones) is 4. The molecule has 7 aromatic heterocycles. The number of carbonyl (C=O) groups is 4.